The molecule has 7 heteroatoms. The standard InChI is InChI=1S/C28H26N2O5/c1-3-14-33-24-11-6-5-10-22(24)28(31)34-20-12-13-21-25(16-20)35-27(30)23(17-29)26(21)18-8-7-9-19(15-18)32-4-2/h5-13,15-16,26H,3-4,14,30H2,1-2H3. The van der Waals surface area contributed by atoms with Gasteiger partial charge < -0.3 is 24.7 Å². The molecule has 7 nitrogen and oxygen atoms in total. The van der Waals surface area contributed by atoms with Gasteiger partial charge in [-0.2, -0.15) is 5.26 Å². The van der Waals surface area contributed by atoms with Crippen LogP contribution in [0.3, 0.4) is 0 Å². The Kier molecular flexibility index (Phi) is 7.22. The molecule has 0 radical (unpaired) electrons. The van der Waals surface area contributed by atoms with E-state index in [0.29, 0.717) is 41.6 Å². The van der Waals surface area contributed by atoms with Crippen molar-refractivity contribution in [2.24, 2.45) is 5.73 Å². The molecule has 0 fully saturated rings. The molecule has 0 spiro atoms. The van der Waals surface area contributed by atoms with Crippen molar-refractivity contribution in [2.75, 3.05) is 13.2 Å². The van der Waals surface area contributed by atoms with Gasteiger partial charge in [0.2, 0.25) is 5.88 Å². The first-order valence-electron chi connectivity index (χ1n) is 11.4. The van der Waals surface area contributed by atoms with Crippen molar-refractivity contribution in [1.82, 2.24) is 0 Å². The molecule has 3 aromatic rings. The second kappa shape index (κ2) is 10.7. The van der Waals surface area contributed by atoms with Gasteiger partial charge in [0, 0.05) is 11.6 Å². The zero-order valence-corrected chi connectivity index (χ0v) is 19.6. The summed E-state index contributed by atoms with van der Waals surface area (Å²) in [6.07, 6.45) is 0.819. The van der Waals surface area contributed by atoms with E-state index in [9.17, 15) is 10.1 Å². The lowest BCUT2D eigenvalue weighted by molar-refractivity contribution is 0.0730. The molecule has 4 rings (SSSR count). The number of benzene rings is 3. The maximum Gasteiger partial charge on any atom is 0.347 e. The van der Waals surface area contributed by atoms with Gasteiger partial charge in [0.25, 0.3) is 0 Å². The number of rotatable bonds is 8. The van der Waals surface area contributed by atoms with Gasteiger partial charge in [-0.1, -0.05) is 37.3 Å². The van der Waals surface area contributed by atoms with Crippen molar-refractivity contribution >= 4 is 5.97 Å². The van der Waals surface area contributed by atoms with Crippen molar-refractivity contribution in [3.05, 3.63) is 94.9 Å². The van der Waals surface area contributed by atoms with Gasteiger partial charge >= 0.3 is 5.97 Å². The van der Waals surface area contributed by atoms with E-state index < -0.39 is 11.9 Å². The Bertz CT molecular complexity index is 1310. The third-order valence-corrected chi connectivity index (χ3v) is 5.47. The molecule has 0 amide bonds. The smallest absolute Gasteiger partial charge is 0.347 e. The van der Waals surface area contributed by atoms with Crippen LogP contribution in [-0.4, -0.2) is 19.2 Å². The minimum absolute atomic E-state index is 0.00796. The monoisotopic (exact) mass is 470 g/mol. The van der Waals surface area contributed by atoms with E-state index in [-0.39, 0.29) is 11.6 Å². The van der Waals surface area contributed by atoms with Crippen molar-refractivity contribution in [3.8, 4) is 29.1 Å². The number of carbonyl (C=O) groups is 1. The molecule has 2 N–H and O–H groups in total. The van der Waals surface area contributed by atoms with Crippen LogP contribution >= 0.6 is 0 Å². The quantitative estimate of drug-likeness (QED) is 0.351. The first-order chi connectivity index (χ1) is 17.0. The van der Waals surface area contributed by atoms with Crippen LogP contribution in [0.15, 0.2) is 78.2 Å². The average molecular weight is 471 g/mol. The van der Waals surface area contributed by atoms with E-state index in [1.54, 1.807) is 42.5 Å². The number of allylic oxidation sites excluding steroid dienone is 1. The highest BCUT2D eigenvalue weighted by molar-refractivity contribution is 5.94. The Morgan fingerprint density at radius 1 is 1.03 bits per heavy atom. The maximum atomic E-state index is 12.9. The largest absolute Gasteiger partial charge is 0.494 e. The van der Waals surface area contributed by atoms with Crippen LogP contribution in [0.25, 0.3) is 0 Å². The van der Waals surface area contributed by atoms with Crippen LogP contribution in [0, 0.1) is 11.3 Å². The topological polar surface area (TPSA) is 104 Å². The van der Waals surface area contributed by atoms with E-state index >= 15 is 0 Å². The molecule has 0 aliphatic carbocycles. The van der Waals surface area contributed by atoms with Crippen LogP contribution in [0.5, 0.6) is 23.0 Å². The van der Waals surface area contributed by atoms with Gasteiger partial charge in [-0.3, -0.25) is 0 Å². The highest BCUT2D eigenvalue weighted by atomic mass is 16.5. The molecule has 1 heterocycles. The highest BCUT2D eigenvalue weighted by Gasteiger charge is 2.31. The SMILES string of the molecule is CCCOc1ccccc1C(=O)Oc1ccc2c(c1)OC(N)=C(C#N)C2c1cccc(OCC)c1. The molecule has 0 aromatic heterocycles. The van der Waals surface area contributed by atoms with Crippen molar-refractivity contribution in [3.63, 3.8) is 0 Å². The lowest BCUT2D eigenvalue weighted by atomic mass is 9.83. The number of hydrogen-bond acceptors (Lipinski definition) is 7. The summed E-state index contributed by atoms with van der Waals surface area (Å²) in [4.78, 5) is 12.9. The molecule has 3 aromatic carbocycles. The average Bonchev–Trinajstić information content (AvgIpc) is 2.87. The van der Waals surface area contributed by atoms with Crippen molar-refractivity contribution in [1.29, 1.82) is 5.26 Å². The molecule has 0 saturated heterocycles. The fraction of sp³-hybridized carbons (Fsp3) is 0.214. The Morgan fingerprint density at radius 3 is 2.63 bits per heavy atom. The summed E-state index contributed by atoms with van der Waals surface area (Å²) in [6.45, 7) is 4.92. The zero-order chi connectivity index (χ0) is 24.8. The highest BCUT2D eigenvalue weighted by Crippen LogP contribution is 2.44. The van der Waals surface area contributed by atoms with Crippen LogP contribution in [-0.2, 0) is 0 Å². The molecule has 0 saturated carbocycles. The second-order valence-corrected chi connectivity index (χ2v) is 7.86. The third-order valence-electron chi connectivity index (χ3n) is 5.47. The number of nitriles is 1. The summed E-state index contributed by atoms with van der Waals surface area (Å²) in [6, 6.07) is 21.7. The van der Waals surface area contributed by atoms with E-state index in [0.717, 1.165) is 17.5 Å². The number of nitrogens with zero attached hydrogens (tertiary/aromatic N) is 1. The number of esters is 1. The maximum absolute atomic E-state index is 12.9. The van der Waals surface area contributed by atoms with E-state index in [1.165, 1.54) is 0 Å². The summed E-state index contributed by atoms with van der Waals surface area (Å²) in [5.74, 6) is 0.876. The summed E-state index contributed by atoms with van der Waals surface area (Å²) in [7, 11) is 0. The van der Waals surface area contributed by atoms with Gasteiger partial charge in [0.05, 0.1) is 19.1 Å². The van der Waals surface area contributed by atoms with Crippen molar-refractivity contribution < 1.29 is 23.7 Å². The third kappa shape index (κ3) is 5.07. The predicted molar refractivity (Wildman–Crippen MR) is 131 cm³/mol. The van der Waals surface area contributed by atoms with Crippen LogP contribution in [0.2, 0.25) is 0 Å². The Labute approximate surface area is 204 Å². The predicted octanol–water partition coefficient (Wildman–Crippen LogP) is 5.31. The number of hydrogen-bond donors (Lipinski definition) is 1. The normalized spacial score (nSPS) is 14.4. The van der Waals surface area contributed by atoms with Crippen LogP contribution in [0.4, 0.5) is 0 Å². The van der Waals surface area contributed by atoms with Gasteiger partial charge in [0.15, 0.2) is 0 Å². The summed E-state index contributed by atoms with van der Waals surface area (Å²) < 4.78 is 22.7. The van der Waals surface area contributed by atoms with Gasteiger partial charge in [-0.05, 0) is 49.2 Å². The first kappa shape index (κ1) is 23.7. The van der Waals surface area contributed by atoms with Crippen LogP contribution < -0.4 is 24.7 Å². The van der Waals surface area contributed by atoms with Crippen LogP contribution in [0.1, 0.15) is 47.7 Å². The first-order valence-corrected chi connectivity index (χ1v) is 11.4. The summed E-state index contributed by atoms with van der Waals surface area (Å²) in [5, 5.41) is 9.80. The Hall–Kier alpha value is -4.44. The number of carbonyl (C=O) groups excluding carboxylic acids is 1. The molecule has 1 unspecified atom stereocenters. The number of nitrogens with two attached hydrogens (primary N) is 1. The Balaban J connectivity index is 1.65. The minimum atomic E-state index is -0.547. The van der Waals surface area contributed by atoms with E-state index in [2.05, 4.69) is 6.07 Å². The number of para-hydroxylation sites is 1. The fourth-order valence-corrected chi connectivity index (χ4v) is 3.93. The number of ether oxygens (including phenoxy) is 4. The molecular formula is C28H26N2O5. The van der Waals surface area contributed by atoms with E-state index in [4.69, 9.17) is 24.7 Å². The molecule has 35 heavy (non-hydrogen) atoms. The van der Waals surface area contributed by atoms with Gasteiger partial charge in [-0.25, -0.2) is 4.79 Å². The second-order valence-electron chi connectivity index (χ2n) is 7.86. The molecular weight excluding hydrogens is 444 g/mol. The zero-order valence-electron chi connectivity index (χ0n) is 19.6. The molecule has 1 aliphatic rings. The van der Waals surface area contributed by atoms with Gasteiger partial charge in [0.1, 0.15) is 40.2 Å². The minimum Gasteiger partial charge on any atom is -0.494 e. The lowest BCUT2D eigenvalue weighted by Gasteiger charge is -2.27. The Morgan fingerprint density at radius 2 is 1.86 bits per heavy atom. The fourth-order valence-electron chi connectivity index (χ4n) is 3.93. The van der Waals surface area contributed by atoms with Crippen molar-refractivity contribution in [2.45, 2.75) is 26.2 Å². The molecule has 1 aliphatic heterocycles. The number of fused-ring (bicyclic) bond motifs is 1. The molecule has 0 bridgehead atoms. The molecule has 1 atom stereocenters. The summed E-state index contributed by atoms with van der Waals surface area (Å²) >= 11 is 0. The summed E-state index contributed by atoms with van der Waals surface area (Å²) in [5.41, 5.74) is 8.32. The van der Waals surface area contributed by atoms with E-state index in [1.807, 2.05) is 38.1 Å². The molecule has 178 valence electrons. The van der Waals surface area contributed by atoms with Gasteiger partial charge in [-0.15, -0.1) is 0 Å². The lowest BCUT2D eigenvalue weighted by Crippen LogP contribution is -2.21.